The molecule has 0 atom stereocenters. The average Bonchev–Trinajstić information content (AvgIpc) is 2.90. The average molecular weight is 243 g/mol. The number of hydrogen-bond donors (Lipinski definition) is 1. The molecule has 0 heterocycles. The summed E-state index contributed by atoms with van der Waals surface area (Å²) >= 11 is 0. The van der Waals surface area contributed by atoms with Crippen molar-refractivity contribution in [2.45, 2.75) is 12.8 Å². The van der Waals surface area contributed by atoms with Crippen molar-refractivity contribution in [3.63, 3.8) is 0 Å². The minimum Gasteiger partial charge on any atom is -0.331 e. The standard InChI is InChI=1S/C8H12N.C5H5.Fe/c9-7-3-6-8-4-1-2-5-8;1-2-4-5-3-1;/h1-2,4-5H,3,6-7,9H2;1-5H;/q2*-1;+2. The zero-order chi connectivity index (χ0) is 10.1. The SMILES string of the molecule is NCCC[c-]1cccc1.[Fe+2].c1cc[cH-]c1. The van der Waals surface area contributed by atoms with Gasteiger partial charge in [-0.05, 0) is 13.0 Å². The summed E-state index contributed by atoms with van der Waals surface area (Å²) in [5.74, 6) is 0. The largest absolute Gasteiger partial charge is 2.00 e. The Morgan fingerprint density at radius 2 is 1.60 bits per heavy atom. The van der Waals surface area contributed by atoms with Crippen LogP contribution >= 0.6 is 0 Å². The van der Waals surface area contributed by atoms with Crippen molar-refractivity contribution in [1.29, 1.82) is 0 Å². The van der Waals surface area contributed by atoms with Crippen LogP contribution in [-0.2, 0) is 23.5 Å². The summed E-state index contributed by atoms with van der Waals surface area (Å²) in [5.41, 5.74) is 6.75. The van der Waals surface area contributed by atoms with Crippen molar-refractivity contribution in [3.8, 4) is 0 Å². The molecule has 0 unspecified atom stereocenters. The fourth-order valence-electron chi connectivity index (χ4n) is 1.21. The van der Waals surface area contributed by atoms with Gasteiger partial charge in [0.05, 0.1) is 0 Å². The van der Waals surface area contributed by atoms with Gasteiger partial charge < -0.3 is 5.73 Å². The van der Waals surface area contributed by atoms with Crippen LogP contribution in [0.4, 0.5) is 0 Å². The molecule has 0 saturated heterocycles. The van der Waals surface area contributed by atoms with Crippen LogP contribution in [0, 0.1) is 0 Å². The van der Waals surface area contributed by atoms with E-state index in [4.69, 9.17) is 5.73 Å². The molecule has 0 aliphatic carbocycles. The summed E-state index contributed by atoms with van der Waals surface area (Å²) in [6, 6.07) is 18.4. The summed E-state index contributed by atoms with van der Waals surface area (Å²) < 4.78 is 0. The first kappa shape index (κ1) is 14.2. The summed E-state index contributed by atoms with van der Waals surface area (Å²) in [6.07, 6.45) is 2.23. The van der Waals surface area contributed by atoms with E-state index in [1.165, 1.54) is 5.56 Å². The van der Waals surface area contributed by atoms with Gasteiger partial charge in [-0.1, -0.05) is 6.42 Å². The third-order valence-corrected chi connectivity index (χ3v) is 1.96. The molecular weight excluding hydrogens is 226 g/mol. The van der Waals surface area contributed by atoms with Gasteiger partial charge in [-0.25, -0.2) is 24.3 Å². The zero-order valence-electron chi connectivity index (χ0n) is 8.75. The first-order valence-electron chi connectivity index (χ1n) is 5.01. The van der Waals surface area contributed by atoms with Crippen LogP contribution in [-0.4, -0.2) is 6.54 Å². The Kier molecular flexibility index (Phi) is 9.19. The molecule has 0 saturated carbocycles. The first-order chi connectivity index (χ1) is 6.93. The van der Waals surface area contributed by atoms with Crippen molar-refractivity contribution in [3.05, 3.63) is 60.2 Å². The maximum absolute atomic E-state index is 5.35. The molecule has 0 aliphatic heterocycles. The normalized spacial score (nSPS) is 8.60. The maximum atomic E-state index is 5.35. The molecule has 2 heteroatoms. The fourth-order valence-corrected chi connectivity index (χ4v) is 1.21. The van der Waals surface area contributed by atoms with Crippen molar-refractivity contribution in [2.24, 2.45) is 5.73 Å². The van der Waals surface area contributed by atoms with Crippen molar-refractivity contribution >= 4 is 0 Å². The van der Waals surface area contributed by atoms with E-state index in [9.17, 15) is 0 Å². The quantitative estimate of drug-likeness (QED) is 0.651. The molecule has 0 aromatic heterocycles. The van der Waals surface area contributed by atoms with Gasteiger partial charge in [-0.2, -0.15) is 35.9 Å². The number of aryl methyl sites for hydroxylation is 1. The van der Waals surface area contributed by atoms with E-state index in [0.717, 1.165) is 19.4 Å². The van der Waals surface area contributed by atoms with E-state index in [1.807, 2.05) is 30.3 Å². The molecular formula is C13H17FeN. The Morgan fingerprint density at radius 1 is 1.00 bits per heavy atom. The van der Waals surface area contributed by atoms with Crippen molar-refractivity contribution in [1.82, 2.24) is 0 Å². The predicted molar refractivity (Wildman–Crippen MR) is 61.4 cm³/mol. The van der Waals surface area contributed by atoms with E-state index >= 15 is 0 Å². The van der Waals surface area contributed by atoms with Crippen LogP contribution in [0.25, 0.3) is 0 Å². The third-order valence-electron chi connectivity index (χ3n) is 1.96. The molecule has 1 nitrogen and oxygen atoms in total. The topological polar surface area (TPSA) is 26.0 Å². The minimum absolute atomic E-state index is 0. The molecule has 0 radical (unpaired) electrons. The Balaban J connectivity index is 0.000000280. The van der Waals surface area contributed by atoms with E-state index in [0.29, 0.717) is 0 Å². The van der Waals surface area contributed by atoms with Crippen LogP contribution < -0.4 is 5.73 Å². The van der Waals surface area contributed by atoms with Gasteiger partial charge in [-0.3, -0.25) is 0 Å². The van der Waals surface area contributed by atoms with Crippen LogP contribution in [0.2, 0.25) is 0 Å². The predicted octanol–water partition coefficient (Wildman–Crippen LogP) is 2.70. The van der Waals surface area contributed by atoms with Crippen molar-refractivity contribution in [2.75, 3.05) is 6.54 Å². The van der Waals surface area contributed by atoms with Gasteiger partial charge in [0.25, 0.3) is 0 Å². The summed E-state index contributed by atoms with van der Waals surface area (Å²) in [7, 11) is 0. The van der Waals surface area contributed by atoms with E-state index in [2.05, 4.69) is 24.3 Å². The third kappa shape index (κ3) is 7.15. The molecule has 2 aromatic rings. The second kappa shape index (κ2) is 9.72. The van der Waals surface area contributed by atoms with E-state index in [-0.39, 0.29) is 17.1 Å². The number of rotatable bonds is 3. The van der Waals surface area contributed by atoms with Crippen molar-refractivity contribution < 1.29 is 17.1 Å². The molecule has 0 amide bonds. The van der Waals surface area contributed by atoms with Gasteiger partial charge in [0.2, 0.25) is 0 Å². The van der Waals surface area contributed by atoms with Gasteiger partial charge >= 0.3 is 17.1 Å². The van der Waals surface area contributed by atoms with E-state index < -0.39 is 0 Å². The van der Waals surface area contributed by atoms with Gasteiger partial charge in [0.1, 0.15) is 0 Å². The summed E-state index contributed by atoms with van der Waals surface area (Å²) in [6.45, 7) is 0.797. The number of hydrogen-bond acceptors (Lipinski definition) is 1. The minimum atomic E-state index is 0. The van der Waals surface area contributed by atoms with Gasteiger partial charge in [0, 0.05) is 0 Å². The fraction of sp³-hybridized carbons (Fsp3) is 0.231. The molecule has 82 valence electrons. The Labute approximate surface area is 103 Å². The molecule has 15 heavy (non-hydrogen) atoms. The van der Waals surface area contributed by atoms with Gasteiger partial charge in [0.15, 0.2) is 0 Å². The molecule has 0 aliphatic rings. The molecule has 2 N–H and O–H groups in total. The zero-order valence-corrected chi connectivity index (χ0v) is 9.85. The van der Waals surface area contributed by atoms with E-state index in [1.54, 1.807) is 0 Å². The monoisotopic (exact) mass is 243 g/mol. The first-order valence-corrected chi connectivity index (χ1v) is 5.01. The molecule has 0 bridgehead atoms. The number of nitrogens with two attached hydrogens (primary N) is 1. The molecule has 0 fully saturated rings. The summed E-state index contributed by atoms with van der Waals surface area (Å²) in [4.78, 5) is 0. The smallest absolute Gasteiger partial charge is 0.331 e. The molecule has 2 aromatic carbocycles. The Bertz CT molecular complexity index is 267. The second-order valence-corrected chi connectivity index (χ2v) is 3.15. The van der Waals surface area contributed by atoms with Crippen LogP contribution in [0.3, 0.4) is 0 Å². The molecule has 0 spiro atoms. The van der Waals surface area contributed by atoms with Crippen LogP contribution in [0.15, 0.2) is 54.6 Å². The maximum Gasteiger partial charge on any atom is 2.00 e. The van der Waals surface area contributed by atoms with Crippen LogP contribution in [0.1, 0.15) is 12.0 Å². The Morgan fingerprint density at radius 3 is 2.00 bits per heavy atom. The van der Waals surface area contributed by atoms with Crippen LogP contribution in [0.5, 0.6) is 0 Å². The second-order valence-electron chi connectivity index (χ2n) is 3.15. The molecule has 2 rings (SSSR count). The summed E-state index contributed by atoms with van der Waals surface area (Å²) in [5, 5.41) is 0. The Hall–Kier alpha value is -0.821. The van der Waals surface area contributed by atoms with Gasteiger partial charge in [-0.15, -0.1) is 0 Å².